The molecule has 1 atom stereocenters. The maximum Gasteiger partial charge on any atom is 0.196 e. The van der Waals surface area contributed by atoms with Gasteiger partial charge in [-0.1, -0.05) is 51.8 Å². The second-order valence-corrected chi connectivity index (χ2v) is 6.27. The SMILES string of the molecule is Cc1ccc(C(Br)Cc2nc3ccccc3o2)cc1Cl. The zero-order valence-corrected chi connectivity index (χ0v) is 13.3. The Hall–Kier alpha value is -1.32. The molecule has 0 radical (unpaired) electrons. The summed E-state index contributed by atoms with van der Waals surface area (Å²) in [6.07, 6.45) is 0.689. The van der Waals surface area contributed by atoms with Crippen LogP contribution in [0.1, 0.15) is 21.8 Å². The Balaban J connectivity index is 1.84. The molecule has 2 nitrogen and oxygen atoms in total. The topological polar surface area (TPSA) is 26.0 Å². The lowest BCUT2D eigenvalue weighted by Gasteiger charge is -2.09. The fourth-order valence-corrected chi connectivity index (χ4v) is 2.83. The lowest BCUT2D eigenvalue weighted by atomic mass is 10.1. The van der Waals surface area contributed by atoms with Crippen LogP contribution in [0.5, 0.6) is 0 Å². The summed E-state index contributed by atoms with van der Waals surface area (Å²) in [7, 11) is 0. The third-order valence-corrected chi connectivity index (χ3v) is 4.51. The van der Waals surface area contributed by atoms with Gasteiger partial charge in [-0.05, 0) is 36.2 Å². The van der Waals surface area contributed by atoms with Gasteiger partial charge in [0.25, 0.3) is 0 Å². The lowest BCUT2D eigenvalue weighted by molar-refractivity contribution is 0.527. The van der Waals surface area contributed by atoms with E-state index in [4.69, 9.17) is 16.0 Å². The highest BCUT2D eigenvalue weighted by molar-refractivity contribution is 9.09. The zero-order chi connectivity index (χ0) is 14.1. The Kier molecular flexibility index (Phi) is 3.81. The van der Waals surface area contributed by atoms with Gasteiger partial charge in [0.05, 0.1) is 0 Å². The van der Waals surface area contributed by atoms with Crippen LogP contribution in [0.15, 0.2) is 46.9 Å². The van der Waals surface area contributed by atoms with E-state index in [9.17, 15) is 0 Å². The predicted molar refractivity (Wildman–Crippen MR) is 85.6 cm³/mol. The van der Waals surface area contributed by atoms with Gasteiger partial charge in [0.1, 0.15) is 5.52 Å². The van der Waals surface area contributed by atoms with Crippen LogP contribution >= 0.6 is 27.5 Å². The minimum atomic E-state index is 0.133. The minimum absolute atomic E-state index is 0.133. The van der Waals surface area contributed by atoms with E-state index in [1.54, 1.807) is 0 Å². The number of benzene rings is 2. The molecule has 0 saturated carbocycles. The molecule has 3 aromatic rings. The zero-order valence-electron chi connectivity index (χ0n) is 10.9. The molecule has 0 aliphatic heterocycles. The molecule has 0 spiro atoms. The quantitative estimate of drug-likeness (QED) is 0.586. The Morgan fingerprint density at radius 1 is 1.25 bits per heavy atom. The Labute approximate surface area is 130 Å². The predicted octanol–water partition coefficient (Wildman–Crippen LogP) is 5.47. The first-order valence-electron chi connectivity index (χ1n) is 6.38. The summed E-state index contributed by atoms with van der Waals surface area (Å²) in [6, 6.07) is 13.9. The molecule has 3 rings (SSSR count). The monoisotopic (exact) mass is 349 g/mol. The number of para-hydroxylation sites is 2. The number of hydrogen-bond acceptors (Lipinski definition) is 2. The summed E-state index contributed by atoms with van der Waals surface area (Å²) in [4.78, 5) is 4.62. The van der Waals surface area contributed by atoms with Crippen LogP contribution in [-0.2, 0) is 6.42 Å². The fourth-order valence-electron chi connectivity index (χ4n) is 2.08. The maximum absolute atomic E-state index is 6.17. The summed E-state index contributed by atoms with van der Waals surface area (Å²) in [6.45, 7) is 2.00. The molecule has 0 aliphatic carbocycles. The average molecular weight is 351 g/mol. The summed E-state index contributed by atoms with van der Waals surface area (Å²) >= 11 is 9.85. The number of alkyl halides is 1. The van der Waals surface area contributed by atoms with Crippen LogP contribution in [-0.4, -0.2) is 4.98 Å². The first-order chi connectivity index (χ1) is 9.63. The molecule has 2 aromatic carbocycles. The largest absolute Gasteiger partial charge is 0.441 e. The van der Waals surface area contributed by atoms with E-state index in [0.717, 1.165) is 33.1 Å². The van der Waals surface area contributed by atoms with E-state index in [-0.39, 0.29) is 4.83 Å². The van der Waals surface area contributed by atoms with Crippen molar-refractivity contribution in [2.75, 3.05) is 0 Å². The van der Waals surface area contributed by atoms with E-state index in [1.165, 1.54) is 0 Å². The van der Waals surface area contributed by atoms with Gasteiger partial charge in [-0.15, -0.1) is 0 Å². The Morgan fingerprint density at radius 3 is 2.80 bits per heavy atom. The van der Waals surface area contributed by atoms with Crippen LogP contribution in [0.3, 0.4) is 0 Å². The molecule has 0 saturated heterocycles. The van der Waals surface area contributed by atoms with Gasteiger partial charge in [0.2, 0.25) is 0 Å². The van der Waals surface area contributed by atoms with Crippen LogP contribution in [0.4, 0.5) is 0 Å². The normalized spacial score (nSPS) is 12.8. The summed E-state index contributed by atoms with van der Waals surface area (Å²) < 4.78 is 5.74. The van der Waals surface area contributed by atoms with Crippen LogP contribution in [0, 0.1) is 6.92 Å². The molecule has 102 valence electrons. The van der Waals surface area contributed by atoms with Crippen LogP contribution in [0.2, 0.25) is 5.02 Å². The number of halogens is 2. The van der Waals surface area contributed by atoms with E-state index in [0.29, 0.717) is 6.42 Å². The molecule has 1 unspecified atom stereocenters. The third kappa shape index (κ3) is 2.74. The van der Waals surface area contributed by atoms with Gasteiger partial charge in [0.15, 0.2) is 11.5 Å². The van der Waals surface area contributed by atoms with Crippen molar-refractivity contribution in [1.82, 2.24) is 4.98 Å². The number of oxazole rings is 1. The smallest absolute Gasteiger partial charge is 0.196 e. The second kappa shape index (κ2) is 5.58. The van der Waals surface area contributed by atoms with E-state index in [1.807, 2.05) is 43.3 Å². The lowest BCUT2D eigenvalue weighted by Crippen LogP contribution is -1.96. The van der Waals surface area contributed by atoms with Gasteiger partial charge in [0, 0.05) is 16.3 Å². The van der Waals surface area contributed by atoms with Crippen LogP contribution < -0.4 is 0 Å². The van der Waals surface area contributed by atoms with Gasteiger partial charge in [-0.25, -0.2) is 4.98 Å². The summed E-state index contributed by atoms with van der Waals surface area (Å²) in [5, 5.41) is 0.782. The minimum Gasteiger partial charge on any atom is -0.441 e. The fraction of sp³-hybridized carbons (Fsp3) is 0.188. The number of rotatable bonds is 3. The molecule has 4 heteroatoms. The number of nitrogens with zero attached hydrogens (tertiary/aromatic N) is 1. The molecule has 0 N–H and O–H groups in total. The highest BCUT2D eigenvalue weighted by Gasteiger charge is 2.14. The van der Waals surface area contributed by atoms with Gasteiger partial charge in [-0.2, -0.15) is 0 Å². The Bertz CT molecular complexity index is 720. The number of aryl methyl sites for hydroxylation is 1. The van der Waals surface area contributed by atoms with E-state index in [2.05, 4.69) is 27.0 Å². The average Bonchev–Trinajstić information content (AvgIpc) is 2.83. The first kappa shape index (κ1) is 13.7. The van der Waals surface area contributed by atoms with Crippen molar-refractivity contribution in [3.8, 4) is 0 Å². The van der Waals surface area contributed by atoms with E-state index >= 15 is 0 Å². The van der Waals surface area contributed by atoms with Crippen molar-refractivity contribution in [1.29, 1.82) is 0 Å². The van der Waals surface area contributed by atoms with E-state index < -0.39 is 0 Å². The first-order valence-corrected chi connectivity index (χ1v) is 7.67. The molecule has 20 heavy (non-hydrogen) atoms. The van der Waals surface area contributed by atoms with Gasteiger partial charge >= 0.3 is 0 Å². The number of hydrogen-bond donors (Lipinski definition) is 0. The van der Waals surface area contributed by atoms with Crippen molar-refractivity contribution < 1.29 is 4.42 Å². The molecule has 1 aromatic heterocycles. The van der Waals surface area contributed by atoms with Crippen molar-refractivity contribution in [2.45, 2.75) is 18.2 Å². The van der Waals surface area contributed by atoms with Crippen molar-refractivity contribution in [2.24, 2.45) is 0 Å². The number of fused-ring (bicyclic) bond motifs is 1. The standard InChI is InChI=1S/C16H13BrClNO/c1-10-6-7-11(8-13(10)18)12(17)9-16-19-14-4-2-3-5-15(14)20-16/h2-8,12H,9H2,1H3. The maximum atomic E-state index is 6.17. The third-order valence-electron chi connectivity index (χ3n) is 3.25. The van der Waals surface area contributed by atoms with Gasteiger partial charge < -0.3 is 4.42 Å². The molecule has 1 heterocycles. The van der Waals surface area contributed by atoms with Crippen molar-refractivity contribution >= 4 is 38.6 Å². The van der Waals surface area contributed by atoms with Crippen molar-refractivity contribution in [3.63, 3.8) is 0 Å². The number of aromatic nitrogens is 1. The molecule has 0 amide bonds. The second-order valence-electron chi connectivity index (χ2n) is 4.76. The summed E-state index contributed by atoms with van der Waals surface area (Å²) in [5.41, 5.74) is 3.92. The van der Waals surface area contributed by atoms with Crippen LogP contribution in [0.25, 0.3) is 11.1 Å². The molecule has 0 bridgehead atoms. The highest BCUT2D eigenvalue weighted by atomic mass is 79.9. The molecular formula is C16H13BrClNO. The van der Waals surface area contributed by atoms with Crippen molar-refractivity contribution in [3.05, 3.63) is 64.5 Å². The summed E-state index contributed by atoms with van der Waals surface area (Å²) in [5.74, 6) is 0.727. The van der Waals surface area contributed by atoms with Gasteiger partial charge in [-0.3, -0.25) is 0 Å². The molecule has 0 aliphatic rings. The molecular weight excluding hydrogens is 338 g/mol. The Morgan fingerprint density at radius 2 is 2.05 bits per heavy atom. The molecule has 0 fully saturated rings. The highest BCUT2D eigenvalue weighted by Crippen LogP contribution is 2.30.